The number of ether oxygens (including phenoxy) is 4. The Hall–Kier alpha value is 0.548. The summed E-state index contributed by atoms with van der Waals surface area (Å²) in [4.78, 5) is 0. The van der Waals surface area contributed by atoms with Gasteiger partial charge in [-0.15, -0.1) is 0 Å². The topological polar surface area (TPSA) is 80.4 Å². The van der Waals surface area contributed by atoms with Gasteiger partial charge in [-0.2, -0.15) is 0 Å². The fraction of sp³-hybridized carbons (Fsp3) is 1.00. The van der Waals surface area contributed by atoms with Gasteiger partial charge in [-0.3, -0.25) is 0 Å². The number of epoxide rings is 2. The SMILES string of the molecule is C[SiH]1O[SiH](C)O[Si](C)(COCCCC2CO2)O[Si](C)(CCCOCC2CO2)O1. The summed E-state index contributed by atoms with van der Waals surface area (Å²) in [6.07, 6.45) is 4.28. The van der Waals surface area contributed by atoms with Crippen LogP contribution >= 0.6 is 0 Å². The van der Waals surface area contributed by atoms with Crippen molar-refractivity contribution in [1.82, 2.24) is 0 Å². The molecule has 0 aliphatic carbocycles. The molecule has 8 nitrogen and oxygen atoms in total. The van der Waals surface area contributed by atoms with Crippen LogP contribution in [0, 0.1) is 0 Å². The van der Waals surface area contributed by atoms with Gasteiger partial charge in [0.05, 0.1) is 32.2 Å². The van der Waals surface area contributed by atoms with Crippen LogP contribution in [0.3, 0.4) is 0 Å². The molecule has 3 aliphatic heterocycles. The van der Waals surface area contributed by atoms with Gasteiger partial charge in [0.25, 0.3) is 18.6 Å². The minimum atomic E-state index is -2.50. The van der Waals surface area contributed by atoms with Crippen LogP contribution in [0.1, 0.15) is 19.3 Å². The number of hydrogen-bond donors (Lipinski definition) is 0. The van der Waals surface area contributed by atoms with Crippen LogP contribution < -0.4 is 0 Å². The molecular formula is C16H36O8Si4. The maximum Gasteiger partial charge on any atom is 0.343 e. The summed E-state index contributed by atoms with van der Waals surface area (Å²) in [7, 11) is -8.40. The molecule has 0 aromatic rings. The van der Waals surface area contributed by atoms with Gasteiger partial charge in [0.15, 0.2) is 0 Å². The first-order valence-corrected chi connectivity index (χ1v) is 19.7. The van der Waals surface area contributed by atoms with E-state index in [4.69, 9.17) is 35.4 Å². The standard InChI is InChI=1S/C16H36O8Si4/c1-25-21-26(2)23-28(4,14-18-8-5-7-15-12-19-15)24-27(3,22-25)10-6-9-17-11-16-13-20-16/h15-16,25-26H,5-14H2,1-4H3. The Labute approximate surface area is 174 Å². The average Bonchev–Trinajstić information content (AvgIpc) is 3.47. The molecule has 6 unspecified atom stereocenters. The van der Waals surface area contributed by atoms with Crippen LogP contribution in [-0.2, 0) is 35.4 Å². The molecule has 3 fully saturated rings. The monoisotopic (exact) mass is 468 g/mol. The molecule has 0 spiro atoms. The predicted octanol–water partition coefficient (Wildman–Crippen LogP) is 1.45. The predicted molar refractivity (Wildman–Crippen MR) is 113 cm³/mol. The fourth-order valence-electron chi connectivity index (χ4n) is 3.49. The van der Waals surface area contributed by atoms with Gasteiger partial charge >= 0.3 is 17.1 Å². The summed E-state index contributed by atoms with van der Waals surface area (Å²) in [6.45, 7) is 12.2. The van der Waals surface area contributed by atoms with E-state index in [2.05, 4.69) is 26.2 Å². The molecule has 3 heterocycles. The molecule has 0 aromatic carbocycles. The molecule has 3 aliphatic rings. The van der Waals surface area contributed by atoms with E-state index in [9.17, 15) is 0 Å². The smallest absolute Gasteiger partial charge is 0.343 e. The van der Waals surface area contributed by atoms with Crippen molar-refractivity contribution in [2.24, 2.45) is 0 Å². The minimum absolute atomic E-state index is 0.307. The highest BCUT2D eigenvalue weighted by Gasteiger charge is 2.47. The first-order valence-electron chi connectivity index (χ1n) is 10.5. The van der Waals surface area contributed by atoms with E-state index < -0.39 is 35.7 Å². The third kappa shape index (κ3) is 8.73. The van der Waals surface area contributed by atoms with E-state index >= 15 is 0 Å². The van der Waals surface area contributed by atoms with Crippen LogP contribution in [0.5, 0.6) is 0 Å². The van der Waals surface area contributed by atoms with Gasteiger partial charge < -0.3 is 35.4 Å². The van der Waals surface area contributed by atoms with E-state index in [1.54, 1.807) is 0 Å². The lowest BCUT2D eigenvalue weighted by molar-refractivity contribution is 0.114. The minimum Gasteiger partial charge on any atom is -0.420 e. The Morgan fingerprint density at radius 3 is 2.21 bits per heavy atom. The number of hydrogen-bond acceptors (Lipinski definition) is 8. The van der Waals surface area contributed by atoms with E-state index in [0.717, 1.165) is 38.5 Å². The van der Waals surface area contributed by atoms with Gasteiger partial charge in [0.2, 0.25) is 0 Å². The van der Waals surface area contributed by atoms with Crippen LogP contribution in [0.25, 0.3) is 0 Å². The molecule has 3 saturated heterocycles. The summed E-state index contributed by atoms with van der Waals surface area (Å²) < 4.78 is 47.7. The van der Waals surface area contributed by atoms with E-state index in [0.29, 0.717) is 38.3 Å². The molecule has 0 amide bonds. The van der Waals surface area contributed by atoms with Gasteiger partial charge in [-0.25, -0.2) is 0 Å². The van der Waals surface area contributed by atoms with Gasteiger partial charge in [0, 0.05) is 13.2 Å². The Balaban J connectivity index is 1.46. The maximum absolute atomic E-state index is 6.68. The molecule has 0 aromatic heterocycles. The Morgan fingerprint density at radius 1 is 0.893 bits per heavy atom. The fourth-order valence-corrected chi connectivity index (χ4v) is 20.3. The zero-order valence-corrected chi connectivity index (χ0v) is 22.0. The Morgan fingerprint density at radius 2 is 1.54 bits per heavy atom. The van der Waals surface area contributed by atoms with Crippen molar-refractivity contribution in [3.63, 3.8) is 0 Å². The van der Waals surface area contributed by atoms with Crippen molar-refractivity contribution in [3.8, 4) is 0 Å². The molecule has 0 radical (unpaired) electrons. The molecule has 164 valence electrons. The quantitative estimate of drug-likeness (QED) is 0.242. The lowest BCUT2D eigenvalue weighted by atomic mass is 10.3. The average molecular weight is 469 g/mol. The first kappa shape index (κ1) is 23.2. The molecular weight excluding hydrogens is 433 g/mol. The van der Waals surface area contributed by atoms with Gasteiger partial charge in [-0.05, 0) is 51.5 Å². The van der Waals surface area contributed by atoms with Crippen molar-refractivity contribution < 1.29 is 35.4 Å². The highest BCUT2D eigenvalue weighted by Crippen LogP contribution is 2.27. The Bertz CT molecular complexity index is 444. The van der Waals surface area contributed by atoms with Gasteiger partial charge in [0.1, 0.15) is 6.10 Å². The van der Waals surface area contributed by atoms with Gasteiger partial charge in [-0.1, -0.05) is 0 Å². The number of rotatable bonds is 12. The zero-order chi connectivity index (χ0) is 20.0. The molecule has 3 rings (SSSR count). The molecule has 0 saturated carbocycles. The zero-order valence-electron chi connectivity index (χ0n) is 17.6. The third-order valence-electron chi connectivity index (χ3n) is 4.85. The van der Waals surface area contributed by atoms with E-state index in [1.807, 2.05) is 0 Å². The lowest BCUT2D eigenvalue weighted by Gasteiger charge is -2.42. The Kier molecular flexibility index (Phi) is 8.89. The van der Waals surface area contributed by atoms with E-state index in [-0.39, 0.29) is 0 Å². The molecule has 28 heavy (non-hydrogen) atoms. The highest BCUT2D eigenvalue weighted by molar-refractivity contribution is 6.86. The van der Waals surface area contributed by atoms with Crippen LogP contribution in [0.4, 0.5) is 0 Å². The van der Waals surface area contributed by atoms with Crippen LogP contribution in [0.15, 0.2) is 0 Å². The van der Waals surface area contributed by atoms with Crippen molar-refractivity contribution in [2.75, 3.05) is 39.3 Å². The second-order valence-electron chi connectivity index (χ2n) is 8.16. The summed E-state index contributed by atoms with van der Waals surface area (Å²) in [5.41, 5.74) is 0. The molecule has 0 N–H and O–H groups in total. The third-order valence-corrected chi connectivity index (χ3v) is 20.0. The summed E-state index contributed by atoms with van der Waals surface area (Å²) >= 11 is 0. The summed E-state index contributed by atoms with van der Waals surface area (Å²) in [5, 5.41) is 0. The maximum atomic E-state index is 6.68. The second-order valence-corrected chi connectivity index (χ2v) is 19.5. The largest absolute Gasteiger partial charge is 0.420 e. The summed E-state index contributed by atoms with van der Waals surface area (Å²) in [6, 6.07) is 0.875. The van der Waals surface area contributed by atoms with E-state index in [1.165, 1.54) is 0 Å². The second kappa shape index (κ2) is 10.7. The van der Waals surface area contributed by atoms with Crippen molar-refractivity contribution in [3.05, 3.63) is 0 Å². The van der Waals surface area contributed by atoms with Crippen LogP contribution in [-0.4, -0.2) is 87.2 Å². The molecule has 6 atom stereocenters. The molecule has 12 heteroatoms. The van der Waals surface area contributed by atoms with Crippen molar-refractivity contribution in [2.45, 2.75) is 63.7 Å². The van der Waals surface area contributed by atoms with Crippen molar-refractivity contribution >= 4 is 35.7 Å². The summed E-state index contributed by atoms with van der Waals surface area (Å²) in [5.74, 6) is 0. The van der Waals surface area contributed by atoms with Crippen molar-refractivity contribution in [1.29, 1.82) is 0 Å². The normalized spacial score (nSPS) is 40.7. The first-order chi connectivity index (χ1) is 13.4. The highest BCUT2D eigenvalue weighted by atomic mass is 28.5. The molecule has 0 bridgehead atoms. The van der Waals surface area contributed by atoms with Crippen LogP contribution in [0.2, 0.25) is 32.2 Å². The lowest BCUT2D eigenvalue weighted by Crippen LogP contribution is -2.61.